The van der Waals surface area contributed by atoms with Crippen molar-refractivity contribution in [3.05, 3.63) is 0 Å². The minimum Gasteiger partial charge on any atom is -0.350 e. The van der Waals surface area contributed by atoms with Gasteiger partial charge in [-0.25, -0.2) is 0 Å². The molecule has 5 rings (SSSR count). The molecule has 0 spiro atoms. The zero-order valence-electron chi connectivity index (χ0n) is 13.6. The molecular weight excluding hydrogens is 260 g/mol. The second kappa shape index (κ2) is 4.71. The summed E-state index contributed by atoms with van der Waals surface area (Å²) < 4.78 is 0. The fourth-order valence-corrected chi connectivity index (χ4v) is 6.29. The molecule has 0 radical (unpaired) electrons. The minimum absolute atomic E-state index is 0.163. The van der Waals surface area contributed by atoms with E-state index >= 15 is 0 Å². The lowest BCUT2D eigenvalue weighted by Gasteiger charge is -2.57. The van der Waals surface area contributed by atoms with E-state index in [2.05, 4.69) is 24.5 Å². The standard InChI is InChI=1S/C18H30N2O/c1-12(2)18(3-4-19-11-18)16(21)20-17-8-13-5-14(9-17)7-15(6-13)10-17/h12-15,19H,3-11H2,1-2H3,(H,20,21). The molecule has 3 heteroatoms. The molecule has 4 bridgehead atoms. The molecular formula is C18H30N2O. The van der Waals surface area contributed by atoms with E-state index in [1.54, 1.807) is 0 Å². The van der Waals surface area contributed by atoms with E-state index in [1.165, 1.54) is 38.5 Å². The second-order valence-corrected chi connectivity index (χ2v) is 8.89. The Kier molecular flexibility index (Phi) is 3.15. The predicted octanol–water partition coefficient (Wildman–Crippen LogP) is 2.71. The molecule has 1 saturated heterocycles. The Morgan fingerprint density at radius 2 is 1.67 bits per heavy atom. The van der Waals surface area contributed by atoms with Crippen LogP contribution in [0.1, 0.15) is 58.8 Å². The van der Waals surface area contributed by atoms with Crippen LogP contribution in [0.25, 0.3) is 0 Å². The Bertz CT molecular complexity index is 401. The van der Waals surface area contributed by atoms with Crippen molar-refractivity contribution in [3.63, 3.8) is 0 Å². The van der Waals surface area contributed by atoms with Crippen molar-refractivity contribution in [1.29, 1.82) is 0 Å². The summed E-state index contributed by atoms with van der Waals surface area (Å²) in [6.07, 6.45) is 9.08. The summed E-state index contributed by atoms with van der Waals surface area (Å²) in [7, 11) is 0. The number of hydrogen-bond acceptors (Lipinski definition) is 2. The molecule has 0 aromatic heterocycles. The van der Waals surface area contributed by atoms with Crippen LogP contribution in [0.3, 0.4) is 0 Å². The molecule has 1 atom stereocenters. The first-order chi connectivity index (χ1) is 10.0. The van der Waals surface area contributed by atoms with Crippen LogP contribution in [0.4, 0.5) is 0 Å². The number of nitrogens with one attached hydrogen (secondary N) is 2. The molecule has 3 nitrogen and oxygen atoms in total. The summed E-state index contributed by atoms with van der Waals surface area (Å²) in [5, 5.41) is 7.03. The van der Waals surface area contributed by atoms with Crippen molar-refractivity contribution in [2.24, 2.45) is 29.1 Å². The summed E-state index contributed by atoms with van der Waals surface area (Å²) in [5.74, 6) is 3.46. The van der Waals surface area contributed by atoms with Gasteiger partial charge in [0.05, 0.1) is 5.41 Å². The molecule has 4 aliphatic carbocycles. The Hall–Kier alpha value is -0.570. The van der Waals surface area contributed by atoms with Crippen molar-refractivity contribution in [2.75, 3.05) is 13.1 Å². The zero-order chi connectivity index (χ0) is 14.7. The van der Waals surface area contributed by atoms with Gasteiger partial charge in [0.2, 0.25) is 5.91 Å². The molecule has 1 aliphatic heterocycles. The molecule has 0 aromatic rings. The SMILES string of the molecule is CC(C)C1(C(=O)NC23CC4CC(CC(C4)C2)C3)CCNC1. The Labute approximate surface area is 128 Å². The first-order valence-corrected chi connectivity index (χ1v) is 9.05. The smallest absolute Gasteiger partial charge is 0.228 e. The van der Waals surface area contributed by atoms with Crippen LogP contribution in [0.2, 0.25) is 0 Å². The first-order valence-electron chi connectivity index (χ1n) is 9.05. The van der Waals surface area contributed by atoms with E-state index < -0.39 is 0 Å². The molecule has 4 saturated carbocycles. The maximum atomic E-state index is 13.1. The number of rotatable bonds is 3. The third kappa shape index (κ3) is 2.15. The predicted molar refractivity (Wildman–Crippen MR) is 83.8 cm³/mol. The highest BCUT2D eigenvalue weighted by molar-refractivity contribution is 5.84. The summed E-state index contributed by atoms with van der Waals surface area (Å²) in [6, 6.07) is 0. The average Bonchev–Trinajstić information content (AvgIpc) is 2.86. The lowest BCUT2D eigenvalue weighted by Crippen LogP contribution is -2.62. The Morgan fingerprint density at radius 1 is 1.10 bits per heavy atom. The summed E-state index contributed by atoms with van der Waals surface area (Å²) in [4.78, 5) is 13.1. The fraction of sp³-hybridized carbons (Fsp3) is 0.944. The summed E-state index contributed by atoms with van der Waals surface area (Å²) >= 11 is 0. The summed E-state index contributed by atoms with van der Waals surface area (Å²) in [5.41, 5.74) is -0.000352. The highest BCUT2D eigenvalue weighted by Gasteiger charge is 2.54. The molecule has 2 N–H and O–H groups in total. The van der Waals surface area contributed by atoms with Crippen LogP contribution >= 0.6 is 0 Å². The lowest BCUT2D eigenvalue weighted by molar-refractivity contribution is -0.138. The largest absolute Gasteiger partial charge is 0.350 e. The fourth-order valence-electron chi connectivity index (χ4n) is 6.29. The molecule has 5 aliphatic rings. The van der Waals surface area contributed by atoms with E-state index in [0.717, 1.165) is 37.3 Å². The zero-order valence-corrected chi connectivity index (χ0v) is 13.6. The lowest BCUT2D eigenvalue weighted by atomic mass is 9.53. The molecule has 1 unspecified atom stereocenters. The maximum Gasteiger partial charge on any atom is 0.228 e. The third-order valence-electron chi connectivity index (χ3n) is 7.16. The van der Waals surface area contributed by atoms with Crippen LogP contribution in [0, 0.1) is 29.1 Å². The van der Waals surface area contributed by atoms with Gasteiger partial charge in [0, 0.05) is 12.1 Å². The van der Waals surface area contributed by atoms with Gasteiger partial charge in [-0.2, -0.15) is 0 Å². The van der Waals surface area contributed by atoms with Gasteiger partial charge < -0.3 is 10.6 Å². The monoisotopic (exact) mass is 290 g/mol. The van der Waals surface area contributed by atoms with E-state index in [1.807, 2.05) is 0 Å². The molecule has 21 heavy (non-hydrogen) atoms. The van der Waals surface area contributed by atoms with Crippen LogP contribution < -0.4 is 10.6 Å². The van der Waals surface area contributed by atoms with Gasteiger partial charge in [-0.1, -0.05) is 13.8 Å². The molecule has 1 heterocycles. The van der Waals surface area contributed by atoms with Gasteiger partial charge in [-0.15, -0.1) is 0 Å². The molecule has 118 valence electrons. The Morgan fingerprint density at radius 3 is 2.10 bits per heavy atom. The van der Waals surface area contributed by atoms with Gasteiger partial charge in [0.1, 0.15) is 0 Å². The molecule has 1 amide bonds. The van der Waals surface area contributed by atoms with Crippen molar-refractivity contribution in [3.8, 4) is 0 Å². The van der Waals surface area contributed by atoms with Gasteiger partial charge in [0.25, 0.3) is 0 Å². The highest BCUT2D eigenvalue weighted by Crippen LogP contribution is 2.56. The quantitative estimate of drug-likeness (QED) is 0.839. The van der Waals surface area contributed by atoms with Gasteiger partial charge in [-0.05, 0) is 75.2 Å². The van der Waals surface area contributed by atoms with Crippen molar-refractivity contribution >= 4 is 5.91 Å². The third-order valence-corrected chi connectivity index (χ3v) is 7.16. The number of hydrogen-bond donors (Lipinski definition) is 2. The van der Waals surface area contributed by atoms with Gasteiger partial charge >= 0.3 is 0 Å². The van der Waals surface area contributed by atoms with Crippen molar-refractivity contribution in [2.45, 2.75) is 64.3 Å². The first kappa shape index (κ1) is 14.0. The van der Waals surface area contributed by atoms with E-state index in [0.29, 0.717) is 11.8 Å². The number of amides is 1. The normalized spacial score (nSPS) is 48.0. The average molecular weight is 290 g/mol. The van der Waals surface area contributed by atoms with E-state index in [-0.39, 0.29) is 11.0 Å². The minimum atomic E-state index is -0.163. The maximum absolute atomic E-state index is 13.1. The summed E-state index contributed by atoms with van der Waals surface area (Å²) in [6.45, 7) is 6.29. The van der Waals surface area contributed by atoms with Crippen LogP contribution in [0.5, 0.6) is 0 Å². The van der Waals surface area contributed by atoms with Gasteiger partial charge in [-0.3, -0.25) is 4.79 Å². The van der Waals surface area contributed by atoms with E-state index in [4.69, 9.17) is 0 Å². The van der Waals surface area contributed by atoms with E-state index in [9.17, 15) is 4.79 Å². The highest BCUT2D eigenvalue weighted by atomic mass is 16.2. The van der Waals surface area contributed by atoms with Crippen LogP contribution in [0.15, 0.2) is 0 Å². The van der Waals surface area contributed by atoms with Crippen molar-refractivity contribution in [1.82, 2.24) is 10.6 Å². The molecule has 0 aromatic carbocycles. The topological polar surface area (TPSA) is 41.1 Å². The second-order valence-electron chi connectivity index (χ2n) is 8.89. The number of carbonyl (C=O) groups is 1. The Balaban J connectivity index is 1.54. The van der Waals surface area contributed by atoms with Crippen LogP contribution in [-0.2, 0) is 4.79 Å². The van der Waals surface area contributed by atoms with Crippen molar-refractivity contribution < 1.29 is 4.79 Å². The molecule has 5 fully saturated rings. The van der Waals surface area contributed by atoms with Gasteiger partial charge in [0.15, 0.2) is 0 Å². The number of carbonyl (C=O) groups excluding carboxylic acids is 1. The van der Waals surface area contributed by atoms with Crippen LogP contribution in [-0.4, -0.2) is 24.5 Å².